The third-order valence-electron chi connectivity index (χ3n) is 1.79. The number of nitrogens with two attached hydrogens (primary N) is 1. The van der Waals surface area contributed by atoms with Gasteiger partial charge in [0.1, 0.15) is 5.15 Å². The van der Waals surface area contributed by atoms with E-state index in [9.17, 15) is 0 Å². The molecule has 0 spiro atoms. The van der Waals surface area contributed by atoms with Crippen molar-refractivity contribution in [3.8, 4) is 0 Å². The topological polar surface area (TPSA) is 67.1 Å². The highest BCUT2D eigenvalue weighted by molar-refractivity contribution is 9.10. The Kier molecular flexibility index (Phi) is 2.43. The molecule has 14 heavy (non-hydrogen) atoms. The Labute approximate surface area is 92.9 Å². The molecule has 4 nitrogen and oxygen atoms in total. The van der Waals surface area contributed by atoms with Crippen LogP contribution in [0.25, 0.3) is 10.9 Å². The molecule has 0 saturated carbocycles. The molecule has 2 rings (SSSR count). The van der Waals surface area contributed by atoms with Crippen molar-refractivity contribution >= 4 is 38.4 Å². The molecule has 0 atom stereocenters. The summed E-state index contributed by atoms with van der Waals surface area (Å²) >= 11 is 9.08. The highest BCUT2D eigenvalue weighted by Crippen LogP contribution is 2.15. The van der Waals surface area contributed by atoms with E-state index in [0.29, 0.717) is 10.6 Å². The molecule has 0 radical (unpaired) electrons. The Morgan fingerprint density at radius 1 is 1.50 bits per heavy atom. The number of aromatic amines is 1. The summed E-state index contributed by atoms with van der Waals surface area (Å²) in [6.07, 6.45) is 1.68. The van der Waals surface area contributed by atoms with Crippen LogP contribution in [0.5, 0.6) is 0 Å². The van der Waals surface area contributed by atoms with Crippen LogP contribution in [-0.2, 0) is 0 Å². The van der Waals surface area contributed by atoms with E-state index in [2.05, 4.69) is 31.0 Å². The van der Waals surface area contributed by atoms with Crippen molar-refractivity contribution in [1.29, 1.82) is 0 Å². The first kappa shape index (κ1) is 9.48. The lowest BCUT2D eigenvalue weighted by molar-refractivity contribution is 1.05. The molecule has 0 fully saturated rings. The van der Waals surface area contributed by atoms with Gasteiger partial charge in [0.2, 0.25) is 0 Å². The standard InChI is InChI=1S/C8H6BrClN4/c9-5-1-4-3-12-7(10)2-6(4)13-8(5)14-11/h1-3H,11H2,(H,13,14). The van der Waals surface area contributed by atoms with Crippen LogP contribution in [0.15, 0.2) is 27.9 Å². The van der Waals surface area contributed by atoms with Gasteiger partial charge in [0.05, 0.1) is 9.99 Å². The van der Waals surface area contributed by atoms with E-state index in [1.807, 2.05) is 6.07 Å². The molecule has 0 aromatic carbocycles. The molecule has 0 bridgehead atoms. The molecule has 0 unspecified atom stereocenters. The minimum atomic E-state index is 0.430. The number of fused-ring (bicyclic) bond motifs is 1. The van der Waals surface area contributed by atoms with Crippen LogP contribution in [-0.4, -0.2) is 9.97 Å². The van der Waals surface area contributed by atoms with Crippen LogP contribution >= 0.6 is 27.5 Å². The number of pyridine rings is 2. The van der Waals surface area contributed by atoms with E-state index in [-0.39, 0.29) is 0 Å². The molecular weight excluding hydrogens is 267 g/mol. The van der Waals surface area contributed by atoms with Crippen LogP contribution < -0.4 is 11.3 Å². The van der Waals surface area contributed by atoms with Crippen molar-refractivity contribution in [2.24, 2.45) is 10.9 Å². The predicted octanol–water partition coefficient (Wildman–Crippen LogP) is 1.75. The average molecular weight is 274 g/mol. The predicted molar refractivity (Wildman–Crippen MR) is 58.6 cm³/mol. The molecule has 6 heteroatoms. The molecule has 72 valence electrons. The average Bonchev–Trinajstić information content (AvgIpc) is 2.17. The number of rotatable bonds is 0. The number of aromatic nitrogens is 2. The van der Waals surface area contributed by atoms with E-state index in [1.165, 1.54) is 0 Å². The quantitative estimate of drug-likeness (QED) is 0.436. The van der Waals surface area contributed by atoms with Crippen molar-refractivity contribution in [2.45, 2.75) is 0 Å². The van der Waals surface area contributed by atoms with Gasteiger partial charge in [-0.3, -0.25) is 0 Å². The van der Waals surface area contributed by atoms with E-state index >= 15 is 0 Å². The van der Waals surface area contributed by atoms with E-state index in [0.717, 1.165) is 15.4 Å². The van der Waals surface area contributed by atoms with Crippen molar-refractivity contribution in [2.75, 3.05) is 0 Å². The maximum absolute atomic E-state index is 5.75. The van der Waals surface area contributed by atoms with Crippen molar-refractivity contribution in [3.05, 3.63) is 33.4 Å². The second-order valence-corrected chi connectivity index (χ2v) is 3.93. The van der Waals surface area contributed by atoms with Gasteiger partial charge in [-0.15, -0.1) is 0 Å². The van der Waals surface area contributed by atoms with Crippen LogP contribution in [0.3, 0.4) is 0 Å². The number of hydrogen-bond acceptors (Lipinski definition) is 3. The summed E-state index contributed by atoms with van der Waals surface area (Å²) in [4.78, 5) is 6.99. The third-order valence-corrected chi connectivity index (χ3v) is 2.60. The smallest absolute Gasteiger partial charge is 0.164 e. The van der Waals surface area contributed by atoms with Crippen LogP contribution in [0.2, 0.25) is 5.15 Å². The van der Waals surface area contributed by atoms with Crippen LogP contribution in [0.1, 0.15) is 0 Å². The zero-order valence-corrected chi connectivity index (χ0v) is 9.30. The lowest BCUT2D eigenvalue weighted by Crippen LogP contribution is -2.11. The second kappa shape index (κ2) is 3.59. The summed E-state index contributed by atoms with van der Waals surface area (Å²) < 4.78 is 0.789. The normalized spacial score (nSPS) is 12.3. The van der Waals surface area contributed by atoms with Crippen molar-refractivity contribution in [3.63, 3.8) is 0 Å². The molecule has 3 N–H and O–H groups in total. The Balaban J connectivity index is 2.87. The van der Waals surface area contributed by atoms with Gasteiger partial charge in [-0.1, -0.05) is 11.6 Å². The molecule has 2 aromatic heterocycles. The molecular formula is C8H6BrClN4. The second-order valence-electron chi connectivity index (χ2n) is 2.69. The fourth-order valence-corrected chi connectivity index (χ4v) is 1.76. The minimum Gasteiger partial charge on any atom is -0.337 e. The van der Waals surface area contributed by atoms with Gasteiger partial charge in [-0.25, -0.2) is 4.98 Å². The summed E-state index contributed by atoms with van der Waals surface area (Å²) in [5.41, 5.74) is 1.41. The maximum atomic E-state index is 5.75. The van der Waals surface area contributed by atoms with E-state index < -0.39 is 0 Å². The first-order chi connectivity index (χ1) is 6.70. The minimum absolute atomic E-state index is 0.430. The van der Waals surface area contributed by atoms with Crippen LogP contribution in [0.4, 0.5) is 0 Å². The van der Waals surface area contributed by atoms with Gasteiger partial charge in [0.25, 0.3) is 0 Å². The SMILES string of the molecule is N/N=c1\[nH]c2cc(Cl)ncc2cc1Br. The zero-order valence-electron chi connectivity index (χ0n) is 6.96. The fraction of sp³-hybridized carbons (Fsp3) is 0. The fourth-order valence-electron chi connectivity index (χ4n) is 1.15. The molecule has 2 heterocycles. The Bertz CT molecular complexity index is 549. The van der Waals surface area contributed by atoms with Gasteiger partial charge < -0.3 is 10.8 Å². The van der Waals surface area contributed by atoms with E-state index in [4.69, 9.17) is 17.4 Å². The maximum Gasteiger partial charge on any atom is 0.164 e. The number of hydrogen-bond donors (Lipinski definition) is 2. The highest BCUT2D eigenvalue weighted by atomic mass is 79.9. The monoisotopic (exact) mass is 272 g/mol. The summed E-state index contributed by atoms with van der Waals surface area (Å²) in [6.45, 7) is 0. The number of H-pyrrole nitrogens is 1. The number of halogens is 2. The third kappa shape index (κ3) is 1.60. The Morgan fingerprint density at radius 3 is 3.00 bits per heavy atom. The lowest BCUT2D eigenvalue weighted by Gasteiger charge is -1.99. The highest BCUT2D eigenvalue weighted by Gasteiger charge is 1.99. The lowest BCUT2D eigenvalue weighted by atomic mass is 10.3. The molecule has 0 saturated heterocycles. The summed E-state index contributed by atoms with van der Waals surface area (Å²) in [5.74, 6) is 5.19. The Hall–Kier alpha value is -1.07. The molecule has 0 aliphatic carbocycles. The summed E-state index contributed by atoms with van der Waals surface area (Å²) in [6, 6.07) is 3.60. The van der Waals surface area contributed by atoms with Gasteiger partial charge in [-0.2, -0.15) is 5.10 Å². The van der Waals surface area contributed by atoms with Crippen molar-refractivity contribution < 1.29 is 0 Å². The molecule has 0 aliphatic rings. The van der Waals surface area contributed by atoms with Gasteiger partial charge in [0, 0.05) is 11.6 Å². The summed E-state index contributed by atoms with van der Waals surface area (Å²) in [7, 11) is 0. The number of nitrogens with one attached hydrogen (secondary N) is 1. The van der Waals surface area contributed by atoms with Crippen LogP contribution in [0, 0.1) is 0 Å². The first-order valence-corrected chi connectivity index (χ1v) is 4.96. The van der Waals surface area contributed by atoms with Gasteiger partial charge >= 0.3 is 0 Å². The number of nitrogens with zero attached hydrogens (tertiary/aromatic N) is 2. The largest absolute Gasteiger partial charge is 0.337 e. The molecule has 0 aliphatic heterocycles. The zero-order chi connectivity index (χ0) is 10.1. The van der Waals surface area contributed by atoms with E-state index in [1.54, 1.807) is 12.3 Å². The van der Waals surface area contributed by atoms with Gasteiger partial charge in [0.15, 0.2) is 5.49 Å². The summed E-state index contributed by atoms with van der Waals surface area (Å²) in [5, 5.41) is 4.95. The molecule has 0 amide bonds. The van der Waals surface area contributed by atoms with Gasteiger partial charge in [-0.05, 0) is 28.1 Å². The van der Waals surface area contributed by atoms with Crippen molar-refractivity contribution in [1.82, 2.24) is 9.97 Å². The Morgan fingerprint density at radius 2 is 2.29 bits per heavy atom. The first-order valence-electron chi connectivity index (χ1n) is 3.78. The molecule has 2 aromatic rings.